The first-order valence-corrected chi connectivity index (χ1v) is 6.81. The van der Waals surface area contributed by atoms with Crippen LogP contribution in [-0.2, 0) is 9.59 Å². The van der Waals surface area contributed by atoms with E-state index >= 15 is 0 Å². The third-order valence-corrected chi connectivity index (χ3v) is 3.49. The molecule has 0 aromatic heterocycles. The van der Waals surface area contributed by atoms with Crippen LogP contribution in [0.4, 0.5) is 4.39 Å². The molecule has 1 aromatic rings. The van der Waals surface area contributed by atoms with Crippen molar-refractivity contribution in [1.82, 2.24) is 5.32 Å². The van der Waals surface area contributed by atoms with Gasteiger partial charge in [-0.2, -0.15) is 0 Å². The second-order valence-corrected chi connectivity index (χ2v) is 5.04. The molecular weight excluding hydrogens is 349 g/mol. The van der Waals surface area contributed by atoms with Gasteiger partial charge in [0.15, 0.2) is 0 Å². The second kappa shape index (κ2) is 7.72. The number of carbonyl (C=O) groups is 3. The third kappa shape index (κ3) is 5.14. The maximum atomic E-state index is 13.3. The Morgan fingerprint density at radius 3 is 2.52 bits per heavy atom. The minimum absolute atomic E-state index is 0.0275. The molecule has 0 bridgehead atoms. The molecule has 0 unspecified atom stereocenters. The van der Waals surface area contributed by atoms with Crippen molar-refractivity contribution in [2.75, 3.05) is 0 Å². The van der Waals surface area contributed by atoms with E-state index in [9.17, 15) is 18.8 Å². The van der Waals surface area contributed by atoms with Crippen molar-refractivity contribution < 1.29 is 29.0 Å². The predicted molar refractivity (Wildman–Crippen MR) is 74.5 cm³/mol. The van der Waals surface area contributed by atoms with Crippen molar-refractivity contribution in [3.63, 3.8) is 0 Å². The summed E-state index contributed by atoms with van der Waals surface area (Å²) in [6, 6.07) is 2.60. The van der Waals surface area contributed by atoms with Crippen molar-refractivity contribution in [1.29, 1.82) is 0 Å². The fourth-order valence-electron chi connectivity index (χ4n) is 1.63. The summed E-state index contributed by atoms with van der Waals surface area (Å²) in [4.78, 5) is 33.4. The molecule has 0 aliphatic heterocycles. The third-order valence-electron chi connectivity index (χ3n) is 2.68. The van der Waals surface area contributed by atoms with Gasteiger partial charge in [-0.1, -0.05) is 6.07 Å². The Balaban J connectivity index is 2.74. The van der Waals surface area contributed by atoms with Crippen molar-refractivity contribution >= 4 is 33.8 Å². The number of aliphatic carboxylic acids is 2. The molecule has 0 spiro atoms. The Morgan fingerprint density at radius 2 is 1.95 bits per heavy atom. The topological polar surface area (TPSA) is 104 Å². The summed E-state index contributed by atoms with van der Waals surface area (Å²) in [7, 11) is 0. The van der Waals surface area contributed by atoms with Gasteiger partial charge in [0.25, 0.3) is 5.91 Å². The first-order valence-electron chi connectivity index (χ1n) is 6.02. The zero-order chi connectivity index (χ0) is 16.0. The quantitative estimate of drug-likeness (QED) is 0.689. The Morgan fingerprint density at radius 1 is 1.29 bits per heavy atom. The van der Waals surface area contributed by atoms with Crippen molar-refractivity contribution in [3.8, 4) is 0 Å². The zero-order valence-electron chi connectivity index (χ0n) is 10.8. The average molecular weight is 362 g/mol. The number of carboxylic acid groups (broad SMARTS) is 2. The Labute approximate surface area is 128 Å². The number of hydrogen-bond acceptors (Lipinski definition) is 3. The lowest BCUT2D eigenvalue weighted by Gasteiger charge is -2.14. The number of amides is 1. The van der Waals surface area contributed by atoms with E-state index in [1.807, 2.05) is 0 Å². The van der Waals surface area contributed by atoms with Gasteiger partial charge in [-0.15, -0.1) is 0 Å². The maximum Gasteiger partial charge on any atom is 0.326 e. The molecule has 1 rings (SSSR count). The number of carboxylic acids is 2. The molecule has 0 radical (unpaired) electrons. The number of nitrogens with one attached hydrogen (secondary N) is 1. The van der Waals surface area contributed by atoms with E-state index in [4.69, 9.17) is 10.2 Å². The highest BCUT2D eigenvalue weighted by molar-refractivity contribution is 9.10. The summed E-state index contributed by atoms with van der Waals surface area (Å²) in [6.07, 6.45) is -0.111. The lowest BCUT2D eigenvalue weighted by molar-refractivity contribution is -0.140. The van der Waals surface area contributed by atoms with E-state index in [2.05, 4.69) is 21.2 Å². The molecule has 3 N–H and O–H groups in total. The average Bonchev–Trinajstić information content (AvgIpc) is 2.40. The molecule has 1 atom stereocenters. The molecule has 0 heterocycles. The van der Waals surface area contributed by atoms with Gasteiger partial charge in [0.05, 0.1) is 10.0 Å². The summed E-state index contributed by atoms with van der Waals surface area (Å²) < 4.78 is 13.3. The molecule has 0 saturated heterocycles. The molecule has 0 aliphatic rings. The molecule has 1 amide bonds. The van der Waals surface area contributed by atoms with Crippen LogP contribution in [0.3, 0.4) is 0 Å². The summed E-state index contributed by atoms with van der Waals surface area (Å²) in [6.45, 7) is 0. The largest absolute Gasteiger partial charge is 0.481 e. The minimum Gasteiger partial charge on any atom is -0.481 e. The molecule has 114 valence electrons. The van der Waals surface area contributed by atoms with E-state index in [1.54, 1.807) is 0 Å². The lowest BCUT2D eigenvalue weighted by Crippen LogP contribution is -2.41. The van der Waals surface area contributed by atoms with E-state index in [1.165, 1.54) is 12.1 Å². The van der Waals surface area contributed by atoms with Crippen LogP contribution in [0, 0.1) is 5.82 Å². The summed E-state index contributed by atoms with van der Waals surface area (Å²) in [5, 5.41) is 19.8. The van der Waals surface area contributed by atoms with Gasteiger partial charge >= 0.3 is 11.9 Å². The van der Waals surface area contributed by atoms with Crippen molar-refractivity contribution in [2.45, 2.75) is 25.3 Å². The monoisotopic (exact) mass is 361 g/mol. The highest BCUT2D eigenvalue weighted by Crippen LogP contribution is 2.20. The van der Waals surface area contributed by atoms with Gasteiger partial charge in [0, 0.05) is 6.42 Å². The molecule has 1 aromatic carbocycles. The fraction of sp³-hybridized carbons (Fsp3) is 0.308. The lowest BCUT2D eigenvalue weighted by atomic mass is 10.1. The smallest absolute Gasteiger partial charge is 0.326 e. The molecule has 0 aliphatic carbocycles. The standard InChI is InChI=1S/C13H13BrFNO5/c14-11-7(3-1-4-8(11)15)12(19)16-9(13(20)21)5-2-6-10(17)18/h1,3-4,9H,2,5-6H2,(H,16,19)(H,17,18)(H,20,21)/t9-/m1/s1. The first kappa shape index (κ1) is 17.1. The molecule has 6 nitrogen and oxygen atoms in total. The van der Waals surface area contributed by atoms with Crippen molar-refractivity contribution in [2.24, 2.45) is 0 Å². The number of carbonyl (C=O) groups excluding carboxylic acids is 1. The van der Waals surface area contributed by atoms with Gasteiger partial charge in [-0.3, -0.25) is 9.59 Å². The van der Waals surface area contributed by atoms with Gasteiger partial charge in [-0.25, -0.2) is 9.18 Å². The van der Waals surface area contributed by atoms with Crippen LogP contribution in [0.5, 0.6) is 0 Å². The maximum absolute atomic E-state index is 13.3. The van der Waals surface area contributed by atoms with Crippen LogP contribution in [0.25, 0.3) is 0 Å². The summed E-state index contributed by atoms with van der Waals surface area (Å²) in [5.74, 6) is -3.70. The molecule has 0 saturated carbocycles. The Hall–Kier alpha value is -1.96. The van der Waals surface area contributed by atoms with Gasteiger partial charge in [0.2, 0.25) is 0 Å². The van der Waals surface area contributed by atoms with Crippen LogP contribution in [0.1, 0.15) is 29.6 Å². The van der Waals surface area contributed by atoms with Crippen molar-refractivity contribution in [3.05, 3.63) is 34.1 Å². The van der Waals surface area contributed by atoms with Crippen LogP contribution >= 0.6 is 15.9 Å². The molecule has 21 heavy (non-hydrogen) atoms. The Bertz CT molecular complexity index is 563. The molecule has 8 heteroatoms. The van der Waals surface area contributed by atoms with E-state index in [0.717, 1.165) is 6.07 Å². The van der Waals surface area contributed by atoms with Crippen LogP contribution in [-0.4, -0.2) is 34.1 Å². The van der Waals surface area contributed by atoms with Crippen LogP contribution in [0.15, 0.2) is 22.7 Å². The summed E-state index contributed by atoms with van der Waals surface area (Å²) in [5.41, 5.74) is -0.0283. The number of halogens is 2. The highest BCUT2D eigenvalue weighted by atomic mass is 79.9. The van der Waals surface area contributed by atoms with E-state index in [-0.39, 0.29) is 29.3 Å². The zero-order valence-corrected chi connectivity index (χ0v) is 12.4. The normalized spacial score (nSPS) is 11.7. The Kier molecular flexibility index (Phi) is 6.29. The number of benzene rings is 1. The number of hydrogen-bond donors (Lipinski definition) is 3. The summed E-state index contributed by atoms with van der Waals surface area (Å²) >= 11 is 2.92. The SMILES string of the molecule is O=C(O)CCC[C@@H](NC(=O)c1cccc(F)c1Br)C(=O)O. The second-order valence-electron chi connectivity index (χ2n) is 4.25. The van der Waals surface area contributed by atoms with E-state index < -0.39 is 29.7 Å². The van der Waals surface area contributed by atoms with E-state index in [0.29, 0.717) is 0 Å². The first-order chi connectivity index (χ1) is 9.82. The van der Waals surface area contributed by atoms with Gasteiger partial charge in [-0.05, 0) is 40.9 Å². The minimum atomic E-state index is -1.28. The highest BCUT2D eigenvalue weighted by Gasteiger charge is 2.22. The van der Waals surface area contributed by atoms with Gasteiger partial charge in [0.1, 0.15) is 11.9 Å². The molecular formula is C13H13BrFNO5. The predicted octanol–water partition coefficient (Wildman–Crippen LogP) is 2.03. The van der Waals surface area contributed by atoms with Gasteiger partial charge < -0.3 is 15.5 Å². The van der Waals surface area contributed by atoms with Crippen LogP contribution < -0.4 is 5.32 Å². The van der Waals surface area contributed by atoms with Crippen LogP contribution in [0.2, 0.25) is 0 Å². The molecule has 0 fully saturated rings. The number of rotatable bonds is 7. The fourth-order valence-corrected chi connectivity index (χ4v) is 2.07.